The summed E-state index contributed by atoms with van der Waals surface area (Å²) < 4.78 is 23.9. The molecule has 3 rings (SSSR count). The number of thioether (sulfide) groups is 1. The highest BCUT2D eigenvalue weighted by Crippen LogP contribution is 2.38. The van der Waals surface area contributed by atoms with Gasteiger partial charge in [-0.1, -0.05) is 24.3 Å². The van der Waals surface area contributed by atoms with Crippen LogP contribution in [0, 0.1) is 5.82 Å². The zero-order valence-corrected chi connectivity index (χ0v) is 16.8. The van der Waals surface area contributed by atoms with Crippen molar-refractivity contribution in [1.82, 2.24) is 4.90 Å². The number of carbonyl (C=O) groups excluding carboxylic acids is 2. The first-order chi connectivity index (χ1) is 14.4. The predicted octanol–water partition coefficient (Wildman–Crippen LogP) is 3.92. The van der Waals surface area contributed by atoms with Crippen molar-refractivity contribution in [3.8, 4) is 11.5 Å². The van der Waals surface area contributed by atoms with Gasteiger partial charge in [-0.25, -0.2) is 9.18 Å². The highest BCUT2D eigenvalue weighted by molar-refractivity contribution is 8.18. The van der Waals surface area contributed by atoms with Crippen molar-refractivity contribution in [2.24, 2.45) is 0 Å². The summed E-state index contributed by atoms with van der Waals surface area (Å²) in [6, 6.07) is 10.5. The second-order valence-electron chi connectivity index (χ2n) is 6.18. The summed E-state index contributed by atoms with van der Waals surface area (Å²) in [4.78, 5) is 37.2. The Morgan fingerprint density at radius 1 is 1.17 bits per heavy atom. The number of nitrogens with zero attached hydrogens (tertiary/aromatic N) is 1. The molecule has 0 aliphatic carbocycles. The lowest BCUT2D eigenvalue weighted by Crippen LogP contribution is -2.27. The third-order valence-electron chi connectivity index (χ3n) is 4.06. The Morgan fingerprint density at radius 2 is 1.90 bits per heavy atom. The van der Waals surface area contributed by atoms with E-state index in [0.29, 0.717) is 23.5 Å². The Kier molecular flexibility index (Phi) is 6.73. The van der Waals surface area contributed by atoms with Crippen molar-refractivity contribution in [1.29, 1.82) is 0 Å². The van der Waals surface area contributed by atoms with Gasteiger partial charge in [-0.3, -0.25) is 14.5 Å². The smallest absolute Gasteiger partial charge is 0.341 e. The minimum Gasteiger partial charge on any atom is -0.490 e. The van der Waals surface area contributed by atoms with E-state index >= 15 is 0 Å². The monoisotopic (exact) mass is 431 g/mol. The lowest BCUT2D eigenvalue weighted by atomic mass is 10.1. The maximum Gasteiger partial charge on any atom is 0.341 e. The SMILES string of the molecule is CCOc1cccc(/C=C2\SC(=O)N(Cc3ccc(F)cc3)C2=O)c1OCC(=O)O. The van der Waals surface area contributed by atoms with Gasteiger partial charge in [0.15, 0.2) is 18.1 Å². The molecule has 0 radical (unpaired) electrons. The predicted molar refractivity (Wildman–Crippen MR) is 109 cm³/mol. The van der Waals surface area contributed by atoms with Crippen molar-refractivity contribution in [2.75, 3.05) is 13.2 Å². The second-order valence-corrected chi connectivity index (χ2v) is 7.18. The maximum absolute atomic E-state index is 13.1. The first kappa shape index (κ1) is 21.4. The molecule has 0 unspecified atom stereocenters. The second kappa shape index (κ2) is 9.45. The van der Waals surface area contributed by atoms with E-state index in [1.807, 2.05) is 0 Å². The number of carbonyl (C=O) groups is 3. The van der Waals surface area contributed by atoms with Crippen LogP contribution in [0.3, 0.4) is 0 Å². The third kappa shape index (κ3) is 4.98. The van der Waals surface area contributed by atoms with E-state index in [2.05, 4.69) is 0 Å². The molecule has 0 atom stereocenters. The van der Waals surface area contributed by atoms with E-state index in [1.165, 1.54) is 30.3 Å². The molecule has 7 nitrogen and oxygen atoms in total. The van der Waals surface area contributed by atoms with Crippen LogP contribution in [0.1, 0.15) is 18.1 Å². The summed E-state index contributed by atoms with van der Waals surface area (Å²) in [6.45, 7) is 1.54. The largest absolute Gasteiger partial charge is 0.490 e. The Bertz CT molecular complexity index is 1010. The summed E-state index contributed by atoms with van der Waals surface area (Å²) in [5.74, 6) is -1.56. The van der Waals surface area contributed by atoms with Gasteiger partial charge in [0.1, 0.15) is 5.82 Å². The number of hydrogen-bond donors (Lipinski definition) is 1. The number of ether oxygens (including phenoxy) is 2. The average Bonchev–Trinajstić information content (AvgIpc) is 2.96. The summed E-state index contributed by atoms with van der Waals surface area (Å²) in [5.41, 5.74) is 1.03. The van der Waals surface area contributed by atoms with Crippen LogP contribution in [0.15, 0.2) is 47.4 Å². The molecule has 156 valence electrons. The molecule has 1 fully saturated rings. The molecule has 2 amide bonds. The number of carboxylic acid groups (broad SMARTS) is 1. The topological polar surface area (TPSA) is 93.1 Å². The number of benzene rings is 2. The van der Waals surface area contributed by atoms with Crippen molar-refractivity contribution in [3.63, 3.8) is 0 Å². The number of hydrogen-bond acceptors (Lipinski definition) is 6. The first-order valence-corrected chi connectivity index (χ1v) is 9.81. The number of aliphatic carboxylic acids is 1. The number of amides is 2. The fourth-order valence-electron chi connectivity index (χ4n) is 2.75. The molecular weight excluding hydrogens is 413 g/mol. The van der Waals surface area contributed by atoms with Gasteiger partial charge in [-0.15, -0.1) is 0 Å². The third-order valence-corrected chi connectivity index (χ3v) is 4.97. The Morgan fingerprint density at radius 3 is 2.57 bits per heavy atom. The zero-order chi connectivity index (χ0) is 21.7. The van der Waals surface area contributed by atoms with Crippen LogP contribution in [0.4, 0.5) is 9.18 Å². The lowest BCUT2D eigenvalue weighted by molar-refractivity contribution is -0.139. The Labute approximate surface area is 176 Å². The number of carboxylic acids is 1. The van der Waals surface area contributed by atoms with Crippen LogP contribution < -0.4 is 9.47 Å². The maximum atomic E-state index is 13.1. The van der Waals surface area contributed by atoms with Crippen molar-refractivity contribution in [3.05, 3.63) is 64.3 Å². The lowest BCUT2D eigenvalue weighted by Gasteiger charge is -2.14. The van der Waals surface area contributed by atoms with E-state index in [9.17, 15) is 18.8 Å². The van der Waals surface area contributed by atoms with Crippen LogP contribution in [0.5, 0.6) is 11.5 Å². The van der Waals surface area contributed by atoms with Gasteiger partial charge in [-0.05, 0) is 48.5 Å². The van der Waals surface area contributed by atoms with E-state index in [1.54, 1.807) is 25.1 Å². The van der Waals surface area contributed by atoms with Crippen LogP contribution in [-0.4, -0.2) is 40.3 Å². The molecule has 2 aromatic carbocycles. The van der Waals surface area contributed by atoms with Crippen molar-refractivity contribution < 1.29 is 33.4 Å². The van der Waals surface area contributed by atoms with E-state index in [4.69, 9.17) is 14.6 Å². The van der Waals surface area contributed by atoms with Crippen LogP contribution in [0.2, 0.25) is 0 Å². The number of rotatable bonds is 8. The van der Waals surface area contributed by atoms with E-state index < -0.39 is 29.5 Å². The minimum atomic E-state index is -1.16. The molecule has 1 saturated heterocycles. The first-order valence-electron chi connectivity index (χ1n) is 8.99. The van der Waals surface area contributed by atoms with Gasteiger partial charge in [0.2, 0.25) is 0 Å². The quantitative estimate of drug-likeness (QED) is 0.633. The van der Waals surface area contributed by atoms with Gasteiger partial charge in [0.25, 0.3) is 11.1 Å². The highest BCUT2D eigenvalue weighted by Gasteiger charge is 2.35. The highest BCUT2D eigenvalue weighted by atomic mass is 32.2. The molecule has 2 aromatic rings. The average molecular weight is 431 g/mol. The molecule has 1 aliphatic heterocycles. The molecule has 1 heterocycles. The zero-order valence-electron chi connectivity index (χ0n) is 16.0. The number of halogens is 1. The summed E-state index contributed by atoms with van der Waals surface area (Å²) in [7, 11) is 0. The normalized spacial score (nSPS) is 15.0. The molecule has 9 heteroatoms. The van der Waals surface area contributed by atoms with Gasteiger partial charge < -0.3 is 14.6 Å². The molecule has 30 heavy (non-hydrogen) atoms. The van der Waals surface area contributed by atoms with Crippen molar-refractivity contribution in [2.45, 2.75) is 13.5 Å². The van der Waals surface area contributed by atoms with Crippen LogP contribution >= 0.6 is 11.8 Å². The molecule has 0 saturated carbocycles. The standard InChI is InChI=1S/C21H18FNO6S/c1-2-28-16-5-3-4-14(19(16)29-12-18(24)25)10-17-20(26)23(21(27)30-17)11-13-6-8-15(22)9-7-13/h3-10H,2,11-12H2,1H3,(H,24,25)/b17-10-. The van der Waals surface area contributed by atoms with Gasteiger partial charge >= 0.3 is 5.97 Å². The van der Waals surface area contributed by atoms with Gasteiger partial charge in [0.05, 0.1) is 18.1 Å². The van der Waals surface area contributed by atoms with Crippen LogP contribution in [0.25, 0.3) is 6.08 Å². The summed E-state index contributed by atoms with van der Waals surface area (Å²) >= 11 is 0.763. The van der Waals surface area contributed by atoms with Gasteiger partial charge in [-0.2, -0.15) is 0 Å². The molecule has 1 N–H and O–H groups in total. The molecule has 1 aliphatic rings. The fraction of sp³-hybridized carbons (Fsp3) is 0.190. The molecule has 0 spiro atoms. The van der Waals surface area contributed by atoms with E-state index in [-0.39, 0.29) is 17.2 Å². The molecular formula is C21H18FNO6S. The Hall–Kier alpha value is -3.33. The fourth-order valence-corrected chi connectivity index (χ4v) is 3.58. The number of imide groups is 1. The molecule has 0 bridgehead atoms. The van der Waals surface area contributed by atoms with Crippen LogP contribution in [-0.2, 0) is 16.1 Å². The summed E-state index contributed by atoms with van der Waals surface area (Å²) in [6.07, 6.45) is 1.47. The van der Waals surface area contributed by atoms with Crippen molar-refractivity contribution >= 4 is 35.0 Å². The van der Waals surface area contributed by atoms with Gasteiger partial charge in [0, 0.05) is 5.56 Å². The molecule has 0 aromatic heterocycles. The number of para-hydroxylation sites is 1. The summed E-state index contributed by atoms with van der Waals surface area (Å²) in [5, 5.41) is 8.47. The Balaban J connectivity index is 1.88. The minimum absolute atomic E-state index is 0.0175. The van der Waals surface area contributed by atoms with E-state index in [0.717, 1.165) is 16.7 Å².